The molecule has 112 valence electrons. The first-order valence-electron chi connectivity index (χ1n) is 6.68. The molecule has 0 radical (unpaired) electrons. The van der Waals surface area contributed by atoms with Gasteiger partial charge in [-0.1, -0.05) is 12.1 Å². The second kappa shape index (κ2) is 6.49. The predicted octanol–water partition coefficient (Wildman–Crippen LogP) is 1.78. The third-order valence-electron chi connectivity index (χ3n) is 3.15. The van der Waals surface area contributed by atoms with Crippen molar-refractivity contribution in [2.45, 2.75) is 19.5 Å². The van der Waals surface area contributed by atoms with Gasteiger partial charge in [-0.05, 0) is 44.8 Å². The molecule has 0 fully saturated rings. The SMILES string of the molecule is Cc1cc(CNC(=O)[C@@H](c2ccc(F)cc2)N(C)C)n[nH]1. The van der Waals surface area contributed by atoms with Crippen LogP contribution in [0.25, 0.3) is 0 Å². The molecule has 0 bridgehead atoms. The summed E-state index contributed by atoms with van der Waals surface area (Å²) < 4.78 is 13.0. The number of hydrogen-bond acceptors (Lipinski definition) is 3. The molecule has 1 heterocycles. The van der Waals surface area contributed by atoms with Crippen molar-refractivity contribution in [3.8, 4) is 0 Å². The lowest BCUT2D eigenvalue weighted by atomic mass is 10.1. The number of hydrogen-bond donors (Lipinski definition) is 2. The summed E-state index contributed by atoms with van der Waals surface area (Å²) >= 11 is 0. The van der Waals surface area contributed by atoms with Gasteiger partial charge >= 0.3 is 0 Å². The first-order chi connectivity index (χ1) is 9.97. The van der Waals surface area contributed by atoms with E-state index in [-0.39, 0.29) is 11.7 Å². The van der Waals surface area contributed by atoms with Crippen molar-refractivity contribution in [1.82, 2.24) is 20.4 Å². The molecule has 0 aliphatic rings. The van der Waals surface area contributed by atoms with Gasteiger partial charge in [-0.15, -0.1) is 0 Å². The van der Waals surface area contributed by atoms with E-state index in [0.717, 1.165) is 17.0 Å². The Bertz CT molecular complexity index is 606. The average Bonchev–Trinajstić information content (AvgIpc) is 2.84. The summed E-state index contributed by atoms with van der Waals surface area (Å²) in [7, 11) is 3.62. The maximum atomic E-state index is 13.0. The van der Waals surface area contributed by atoms with Crippen LogP contribution in [0, 0.1) is 12.7 Å². The molecular formula is C15H19FN4O. The molecule has 0 saturated carbocycles. The molecule has 0 aliphatic heterocycles. The van der Waals surface area contributed by atoms with Gasteiger partial charge in [0, 0.05) is 5.69 Å². The lowest BCUT2D eigenvalue weighted by Gasteiger charge is -2.23. The van der Waals surface area contributed by atoms with Gasteiger partial charge in [0.2, 0.25) is 5.91 Å². The molecule has 1 aromatic carbocycles. The fourth-order valence-corrected chi connectivity index (χ4v) is 2.17. The van der Waals surface area contributed by atoms with Crippen LogP contribution in [-0.4, -0.2) is 35.1 Å². The van der Waals surface area contributed by atoms with E-state index in [1.807, 2.05) is 27.1 Å². The molecule has 2 rings (SSSR count). The minimum atomic E-state index is -0.467. The Kier molecular flexibility index (Phi) is 4.70. The van der Waals surface area contributed by atoms with Crippen molar-refractivity contribution in [1.29, 1.82) is 0 Å². The number of H-pyrrole nitrogens is 1. The maximum absolute atomic E-state index is 13.0. The Morgan fingerprint density at radius 2 is 2.05 bits per heavy atom. The number of amides is 1. The molecule has 0 aliphatic carbocycles. The third kappa shape index (κ3) is 3.88. The summed E-state index contributed by atoms with van der Waals surface area (Å²) in [6.45, 7) is 2.26. The van der Waals surface area contributed by atoms with Crippen LogP contribution in [0.3, 0.4) is 0 Å². The van der Waals surface area contributed by atoms with Crippen molar-refractivity contribution in [2.75, 3.05) is 14.1 Å². The van der Waals surface area contributed by atoms with Crippen LogP contribution in [0.5, 0.6) is 0 Å². The quantitative estimate of drug-likeness (QED) is 0.882. The van der Waals surface area contributed by atoms with E-state index in [1.54, 1.807) is 17.0 Å². The summed E-state index contributed by atoms with van der Waals surface area (Å²) in [5.41, 5.74) is 2.47. The topological polar surface area (TPSA) is 61.0 Å². The number of aromatic amines is 1. The molecule has 1 aromatic heterocycles. The Morgan fingerprint density at radius 3 is 2.57 bits per heavy atom. The molecule has 0 unspecified atom stereocenters. The lowest BCUT2D eigenvalue weighted by molar-refractivity contribution is -0.126. The Balaban J connectivity index is 2.07. The van der Waals surface area contributed by atoms with Crippen molar-refractivity contribution < 1.29 is 9.18 Å². The minimum Gasteiger partial charge on any atom is -0.349 e. The van der Waals surface area contributed by atoms with Crippen LogP contribution < -0.4 is 5.32 Å². The number of aryl methyl sites for hydroxylation is 1. The van der Waals surface area contributed by atoms with E-state index in [4.69, 9.17) is 0 Å². The normalized spacial score (nSPS) is 12.4. The van der Waals surface area contributed by atoms with Gasteiger partial charge in [0.15, 0.2) is 0 Å². The first-order valence-corrected chi connectivity index (χ1v) is 6.68. The van der Waals surface area contributed by atoms with Crippen LogP contribution in [0.2, 0.25) is 0 Å². The summed E-state index contributed by atoms with van der Waals surface area (Å²) in [5.74, 6) is -0.462. The molecule has 2 N–H and O–H groups in total. The highest BCUT2D eigenvalue weighted by atomic mass is 19.1. The Labute approximate surface area is 123 Å². The first kappa shape index (κ1) is 15.2. The zero-order valence-electron chi connectivity index (χ0n) is 12.4. The van der Waals surface area contributed by atoms with Crippen molar-refractivity contribution in [2.24, 2.45) is 0 Å². The number of carbonyl (C=O) groups excluding carboxylic acids is 1. The number of rotatable bonds is 5. The molecule has 21 heavy (non-hydrogen) atoms. The van der Waals surface area contributed by atoms with Gasteiger partial charge in [0.05, 0.1) is 12.2 Å². The third-order valence-corrected chi connectivity index (χ3v) is 3.15. The predicted molar refractivity (Wildman–Crippen MR) is 78.0 cm³/mol. The van der Waals surface area contributed by atoms with Gasteiger partial charge < -0.3 is 5.32 Å². The molecular weight excluding hydrogens is 271 g/mol. The highest BCUT2D eigenvalue weighted by Gasteiger charge is 2.22. The van der Waals surface area contributed by atoms with Gasteiger partial charge in [0.25, 0.3) is 0 Å². The number of halogens is 1. The van der Waals surface area contributed by atoms with Crippen molar-refractivity contribution in [3.05, 3.63) is 53.1 Å². The van der Waals surface area contributed by atoms with Crippen LogP contribution >= 0.6 is 0 Å². The molecule has 0 spiro atoms. The van der Waals surface area contributed by atoms with E-state index < -0.39 is 6.04 Å². The number of nitrogens with one attached hydrogen (secondary N) is 2. The van der Waals surface area contributed by atoms with Gasteiger partial charge in [-0.2, -0.15) is 5.10 Å². The molecule has 1 atom stereocenters. The number of carbonyl (C=O) groups is 1. The lowest BCUT2D eigenvalue weighted by Crippen LogP contribution is -2.36. The second-order valence-corrected chi connectivity index (χ2v) is 5.18. The molecule has 0 saturated heterocycles. The number of aromatic nitrogens is 2. The monoisotopic (exact) mass is 290 g/mol. The van der Waals surface area contributed by atoms with E-state index in [1.165, 1.54) is 12.1 Å². The fourth-order valence-electron chi connectivity index (χ4n) is 2.17. The van der Waals surface area contributed by atoms with Crippen LogP contribution in [-0.2, 0) is 11.3 Å². The number of benzene rings is 1. The Morgan fingerprint density at radius 1 is 1.38 bits per heavy atom. The number of nitrogens with zero attached hydrogens (tertiary/aromatic N) is 2. The average molecular weight is 290 g/mol. The summed E-state index contributed by atoms with van der Waals surface area (Å²) in [6.07, 6.45) is 0. The standard InChI is InChI=1S/C15H19FN4O/c1-10-8-13(19-18-10)9-17-15(21)14(20(2)3)11-4-6-12(16)7-5-11/h4-8,14H,9H2,1-3H3,(H,17,21)(H,18,19)/t14-/m1/s1. The molecule has 1 amide bonds. The van der Waals surface area contributed by atoms with E-state index in [9.17, 15) is 9.18 Å². The van der Waals surface area contributed by atoms with E-state index >= 15 is 0 Å². The van der Waals surface area contributed by atoms with Gasteiger partial charge in [0.1, 0.15) is 11.9 Å². The molecule has 5 nitrogen and oxygen atoms in total. The molecule has 6 heteroatoms. The van der Waals surface area contributed by atoms with E-state index in [0.29, 0.717) is 6.54 Å². The summed E-state index contributed by atoms with van der Waals surface area (Å²) in [6, 6.07) is 7.37. The van der Waals surface area contributed by atoms with Crippen LogP contribution in [0.4, 0.5) is 4.39 Å². The highest BCUT2D eigenvalue weighted by molar-refractivity contribution is 5.83. The fraction of sp³-hybridized carbons (Fsp3) is 0.333. The van der Waals surface area contributed by atoms with Crippen LogP contribution in [0.1, 0.15) is 23.0 Å². The largest absolute Gasteiger partial charge is 0.349 e. The Hall–Kier alpha value is -2.21. The van der Waals surface area contributed by atoms with E-state index in [2.05, 4.69) is 15.5 Å². The number of likely N-dealkylation sites (N-methyl/N-ethyl adjacent to an activating group) is 1. The second-order valence-electron chi connectivity index (χ2n) is 5.18. The zero-order valence-corrected chi connectivity index (χ0v) is 12.4. The van der Waals surface area contributed by atoms with Gasteiger partial charge in [-0.3, -0.25) is 14.8 Å². The highest BCUT2D eigenvalue weighted by Crippen LogP contribution is 2.19. The van der Waals surface area contributed by atoms with Crippen LogP contribution in [0.15, 0.2) is 30.3 Å². The zero-order chi connectivity index (χ0) is 15.4. The summed E-state index contributed by atoms with van der Waals surface area (Å²) in [5, 5.41) is 9.75. The van der Waals surface area contributed by atoms with Gasteiger partial charge in [-0.25, -0.2) is 4.39 Å². The minimum absolute atomic E-state index is 0.146. The summed E-state index contributed by atoms with van der Waals surface area (Å²) in [4.78, 5) is 14.2. The molecule has 2 aromatic rings. The maximum Gasteiger partial charge on any atom is 0.242 e. The van der Waals surface area contributed by atoms with Crippen molar-refractivity contribution in [3.63, 3.8) is 0 Å². The smallest absolute Gasteiger partial charge is 0.242 e. The van der Waals surface area contributed by atoms with Crippen molar-refractivity contribution >= 4 is 5.91 Å².